The number of allylic oxidation sites excluding steroid dienone is 1. The summed E-state index contributed by atoms with van der Waals surface area (Å²) < 4.78 is 1.89. The number of nitrogens with zero attached hydrogens (tertiary/aromatic N) is 2. The minimum absolute atomic E-state index is 0.0537. The molecule has 3 aromatic rings. The van der Waals surface area contributed by atoms with Crippen molar-refractivity contribution in [2.45, 2.75) is 13.8 Å². The number of carbonyl (C=O) groups is 1. The van der Waals surface area contributed by atoms with Gasteiger partial charge in [-0.25, -0.2) is 4.98 Å². The molecule has 0 spiro atoms. The molecule has 0 amide bonds. The van der Waals surface area contributed by atoms with Gasteiger partial charge in [0.25, 0.3) is 0 Å². The van der Waals surface area contributed by atoms with Crippen molar-refractivity contribution < 1.29 is 4.79 Å². The Morgan fingerprint density at radius 3 is 2.29 bits per heavy atom. The minimum Gasteiger partial charge on any atom is -0.306 e. The van der Waals surface area contributed by atoms with Crippen LogP contribution in [0.25, 0.3) is 22.5 Å². The molecule has 1 aromatic carbocycles. The van der Waals surface area contributed by atoms with Crippen molar-refractivity contribution in [3.05, 3.63) is 66.5 Å². The number of pyridine rings is 1. The van der Waals surface area contributed by atoms with Gasteiger partial charge in [-0.15, -0.1) is 0 Å². The van der Waals surface area contributed by atoms with Crippen LogP contribution in [0.2, 0.25) is 0 Å². The topological polar surface area (TPSA) is 34.4 Å². The van der Waals surface area contributed by atoms with Crippen molar-refractivity contribution in [3.63, 3.8) is 0 Å². The van der Waals surface area contributed by atoms with Crippen molar-refractivity contribution in [1.29, 1.82) is 0 Å². The number of imidazole rings is 1. The van der Waals surface area contributed by atoms with Crippen LogP contribution in [-0.4, -0.2) is 15.2 Å². The van der Waals surface area contributed by atoms with E-state index in [1.54, 1.807) is 13.0 Å². The number of hydrogen-bond donors (Lipinski definition) is 0. The van der Waals surface area contributed by atoms with Crippen molar-refractivity contribution >= 4 is 17.0 Å². The number of rotatable bonds is 3. The summed E-state index contributed by atoms with van der Waals surface area (Å²) in [6, 6.07) is 11.8. The summed E-state index contributed by atoms with van der Waals surface area (Å²) in [4.78, 5) is 16.0. The molecular formula is C18H16N2O. The van der Waals surface area contributed by atoms with E-state index in [2.05, 4.69) is 11.6 Å². The number of hydrogen-bond acceptors (Lipinski definition) is 2. The molecule has 2 aromatic heterocycles. The maximum absolute atomic E-state index is 11.4. The summed E-state index contributed by atoms with van der Waals surface area (Å²) in [6.45, 7) is 7.49. The molecule has 0 fully saturated rings. The van der Waals surface area contributed by atoms with Crippen LogP contribution >= 0.6 is 0 Å². The number of fused-ring (bicyclic) bond motifs is 1. The maximum atomic E-state index is 11.4. The van der Waals surface area contributed by atoms with Crippen molar-refractivity contribution in [3.8, 4) is 11.3 Å². The normalized spacial score (nSPS) is 10.8. The lowest BCUT2D eigenvalue weighted by Gasteiger charge is -2.00. The molecule has 0 bridgehead atoms. The fourth-order valence-corrected chi connectivity index (χ4v) is 2.26. The average Bonchev–Trinajstić information content (AvgIpc) is 2.90. The summed E-state index contributed by atoms with van der Waals surface area (Å²) in [5.74, 6) is 0.0537. The largest absolute Gasteiger partial charge is 0.306 e. The third-order valence-corrected chi connectivity index (χ3v) is 3.53. The van der Waals surface area contributed by atoms with E-state index < -0.39 is 0 Å². The van der Waals surface area contributed by atoms with E-state index in [1.165, 1.54) is 0 Å². The second kappa shape index (κ2) is 5.02. The Hall–Kier alpha value is -2.68. The second-order valence-corrected chi connectivity index (χ2v) is 5.22. The first kappa shape index (κ1) is 13.3. The molecule has 3 heteroatoms. The van der Waals surface area contributed by atoms with Crippen LogP contribution in [0.5, 0.6) is 0 Å². The highest BCUT2D eigenvalue weighted by molar-refractivity contribution is 5.94. The van der Waals surface area contributed by atoms with Gasteiger partial charge in [0.15, 0.2) is 5.78 Å². The minimum atomic E-state index is 0.0537. The van der Waals surface area contributed by atoms with Crippen molar-refractivity contribution in [2.75, 3.05) is 0 Å². The zero-order valence-corrected chi connectivity index (χ0v) is 12.1. The van der Waals surface area contributed by atoms with Crippen LogP contribution in [0.1, 0.15) is 29.8 Å². The molecule has 0 radical (unpaired) electrons. The van der Waals surface area contributed by atoms with Crippen molar-refractivity contribution in [2.24, 2.45) is 0 Å². The van der Waals surface area contributed by atoms with Crippen LogP contribution in [-0.2, 0) is 0 Å². The van der Waals surface area contributed by atoms with Gasteiger partial charge in [0.1, 0.15) is 5.65 Å². The van der Waals surface area contributed by atoms with Gasteiger partial charge in [-0.1, -0.05) is 36.4 Å². The quantitative estimate of drug-likeness (QED) is 0.671. The molecule has 0 unspecified atom stereocenters. The first-order valence-electron chi connectivity index (χ1n) is 6.80. The summed E-state index contributed by atoms with van der Waals surface area (Å²) in [7, 11) is 0. The number of aromatic nitrogens is 2. The molecule has 2 heterocycles. The maximum Gasteiger partial charge on any atom is 0.161 e. The molecule has 0 saturated carbocycles. The number of Topliss-reactive ketones (excluding diaryl/α,β-unsaturated/α-hetero) is 1. The second-order valence-electron chi connectivity index (χ2n) is 5.22. The molecule has 104 valence electrons. The van der Waals surface area contributed by atoms with E-state index in [0.29, 0.717) is 5.56 Å². The third kappa shape index (κ3) is 2.50. The first-order chi connectivity index (χ1) is 10.0. The SMILES string of the molecule is C=C(C)c1ccc(-c2cn3cc(C(C)=O)ccc3n2)cc1. The van der Waals surface area contributed by atoms with Gasteiger partial charge in [0, 0.05) is 23.5 Å². The predicted octanol–water partition coefficient (Wildman–Crippen LogP) is 4.24. The van der Waals surface area contributed by atoms with Gasteiger partial charge in [-0.3, -0.25) is 4.79 Å². The van der Waals surface area contributed by atoms with Crippen LogP contribution in [0.4, 0.5) is 0 Å². The summed E-state index contributed by atoms with van der Waals surface area (Å²) in [5, 5.41) is 0. The van der Waals surface area contributed by atoms with E-state index in [9.17, 15) is 4.79 Å². The lowest BCUT2D eigenvalue weighted by atomic mass is 10.1. The van der Waals surface area contributed by atoms with E-state index in [4.69, 9.17) is 0 Å². The Morgan fingerprint density at radius 1 is 1.00 bits per heavy atom. The fourth-order valence-electron chi connectivity index (χ4n) is 2.26. The molecule has 3 nitrogen and oxygen atoms in total. The number of carbonyl (C=O) groups excluding carboxylic acids is 1. The number of benzene rings is 1. The van der Waals surface area contributed by atoms with Crippen LogP contribution < -0.4 is 0 Å². The van der Waals surface area contributed by atoms with Gasteiger partial charge < -0.3 is 4.40 Å². The van der Waals surface area contributed by atoms with Crippen LogP contribution in [0.3, 0.4) is 0 Å². The Bertz CT molecular complexity index is 841. The Morgan fingerprint density at radius 2 is 1.67 bits per heavy atom. The van der Waals surface area contributed by atoms with Crippen LogP contribution in [0, 0.1) is 0 Å². The molecule has 0 aliphatic carbocycles. The third-order valence-electron chi connectivity index (χ3n) is 3.53. The van der Waals surface area contributed by atoms with E-state index >= 15 is 0 Å². The lowest BCUT2D eigenvalue weighted by molar-refractivity contribution is 0.101. The summed E-state index contributed by atoms with van der Waals surface area (Å²) >= 11 is 0. The smallest absolute Gasteiger partial charge is 0.161 e. The molecule has 0 N–H and O–H groups in total. The van der Waals surface area contributed by atoms with Crippen LogP contribution in [0.15, 0.2) is 55.4 Å². The lowest BCUT2D eigenvalue weighted by Crippen LogP contribution is -1.94. The Balaban J connectivity index is 2.04. The van der Waals surface area contributed by atoms with Crippen molar-refractivity contribution in [1.82, 2.24) is 9.38 Å². The molecular weight excluding hydrogens is 260 g/mol. The van der Waals surface area contributed by atoms with Gasteiger partial charge >= 0.3 is 0 Å². The zero-order chi connectivity index (χ0) is 15.0. The first-order valence-corrected chi connectivity index (χ1v) is 6.80. The molecule has 21 heavy (non-hydrogen) atoms. The highest BCUT2D eigenvalue weighted by atomic mass is 16.1. The van der Waals surface area contributed by atoms with E-state index in [-0.39, 0.29) is 5.78 Å². The average molecular weight is 276 g/mol. The number of ketones is 1. The van der Waals surface area contributed by atoms with E-state index in [1.807, 2.05) is 54.0 Å². The predicted molar refractivity (Wildman–Crippen MR) is 85.3 cm³/mol. The summed E-state index contributed by atoms with van der Waals surface area (Å²) in [5.41, 5.74) is 5.63. The van der Waals surface area contributed by atoms with Gasteiger partial charge in [-0.05, 0) is 31.5 Å². The Labute approximate surface area is 123 Å². The van der Waals surface area contributed by atoms with Gasteiger partial charge in [0.2, 0.25) is 0 Å². The zero-order valence-electron chi connectivity index (χ0n) is 12.1. The monoisotopic (exact) mass is 276 g/mol. The molecule has 0 aliphatic rings. The molecule has 0 atom stereocenters. The summed E-state index contributed by atoms with van der Waals surface area (Å²) in [6.07, 6.45) is 3.76. The molecule has 3 rings (SSSR count). The fraction of sp³-hybridized carbons (Fsp3) is 0.111. The highest BCUT2D eigenvalue weighted by Gasteiger charge is 2.06. The van der Waals surface area contributed by atoms with Gasteiger partial charge in [-0.2, -0.15) is 0 Å². The molecule has 0 aliphatic heterocycles. The molecule has 0 saturated heterocycles. The van der Waals surface area contributed by atoms with E-state index in [0.717, 1.165) is 28.0 Å². The standard InChI is InChI=1S/C18H16N2O/c1-12(2)14-4-6-15(7-5-14)17-11-20-10-16(13(3)21)8-9-18(20)19-17/h4-11H,1H2,2-3H3. The van der Waals surface area contributed by atoms with Gasteiger partial charge in [0.05, 0.1) is 5.69 Å². The Kier molecular flexibility index (Phi) is 3.18. The highest BCUT2D eigenvalue weighted by Crippen LogP contribution is 2.22.